The van der Waals surface area contributed by atoms with Gasteiger partial charge < -0.3 is 0 Å². The monoisotopic (exact) mass is 350 g/mol. The molecule has 0 spiro atoms. The third-order valence-electron chi connectivity index (χ3n) is 2.73. The summed E-state index contributed by atoms with van der Waals surface area (Å²) in [5.41, 5.74) is 1.15. The Hall–Kier alpha value is -0.660. The minimum atomic E-state index is -3.65. The molecule has 1 N–H and O–H groups in total. The van der Waals surface area contributed by atoms with Crippen LogP contribution < -0.4 is 4.72 Å². The Balaban J connectivity index is 2.16. The fourth-order valence-corrected chi connectivity index (χ4v) is 3.93. The summed E-state index contributed by atoms with van der Waals surface area (Å²) in [5.74, 6) is 0. The first-order valence-corrected chi connectivity index (χ1v) is 8.72. The van der Waals surface area contributed by atoms with Gasteiger partial charge in [0, 0.05) is 22.5 Å². The highest BCUT2D eigenvalue weighted by Crippen LogP contribution is 2.23. The fourth-order valence-electron chi connectivity index (χ4n) is 1.54. The van der Waals surface area contributed by atoms with Crippen LogP contribution in [-0.4, -0.2) is 13.4 Å². The van der Waals surface area contributed by atoms with Crippen LogP contribution in [0.4, 0.5) is 0 Å². The highest BCUT2D eigenvalue weighted by Gasteiger charge is 2.16. The smallest absolute Gasteiger partial charge is 0.242 e. The molecule has 2 aromatic heterocycles. The van der Waals surface area contributed by atoms with E-state index >= 15 is 0 Å². The highest BCUT2D eigenvalue weighted by atomic mass is 35.5. The van der Waals surface area contributed by atoms with Gasteiger partial charge in [0.05, 0.1) is 5.02 Å². The molecule has 0 saturated carbocycles. The number of aromatic nitrogens is 1. The number of sulfonamides is 1. The fraction of sp³-hybridized carbons (Fsp3) is 0.250. The highest BCUT2D eigenvalue weighted by molar-refractivity contribution is 7.89. The first-order chi connectivity index (χ1) is 9.29. The number of thiophene rings is 1. The van der Waals surface area contributed by atoms with E-state index in [0.717, 1.165) is 10.4 Å². The minimum absolute atomic E-state index is 0.00287. The summed E-state index contributed by atoms with van der Waals surface area (Å²) in [6, 6.07) is 3.25. The molecule has 2 rings (SSSR count). The lowest BCUT2D eigenvalue weighted by molar-refractivity contribution is 0.581. The molecule has 2 aromatic rings. The average molecular weight is 351 g/mol. The quantitative estimate of drug-likeness (QED) is 0.857. The standard InChI is InChI=1S/C12H12Cl2N2O2S2/c1-7-3-9(19-8(7)2)5-16-20(17,18)10-4-11(13)12(14)15-6-10/h3-4,6,16H,5H2,1-2H3. The van der Waals surface area contributed by atoms with Crippen molar-refractivity contribution in [1.29, 1.82) is 0 Å². The third-order valence-corrected chi connectivity index (χ3v) is 5.94. The Morgan fingerprint density at radius 3 is 2.55 bits per heavy atom. The van der Waals surface area contributed by atoms with Gasteiger partial charge >= 0.3 is 0 Å². The van der Waals surface area contributed by atoms with E-state index in [4.69, 9.17) is 23.2 Å². The van der Waals surface area contributed by atoms with Crippen LogP contribution in [0.15, 0.2) is 23.2 Å². The molecule has 108 valence electrons. The predicted octanol–water partition coefficient (Wildman–Crippen LogP) is 3.55. The molecule has 4 nitrogen and oxygen atoms in total. The minimum Gasteiger partial charge on any atom is -0.242 e. The Morgan fingerprint density at radius 1 is 1.30 bits per heavy atom. The van der Waals surface area contributed by atoms with Gasteiger partial charge in [0.2, 0.25) is 10.0 Å². The summed E-state index contributed by atoms with van der Waals surface area (Å²) in [4.78, 5) is 5.86. The van der Waals surface area contributed by atoms with Crippen LogP contribution in [-0.2, 0) is 16.6 Å². The lowest BCUT2D eigenvalue weighted by Gasteiger charge is -2.06. The van der Waals surface area contributed by atoms with Crippen LogP contribution in [0.1, 0.15) is 15.3 Å². The van der Waals surface area contributed by atoms with Crippen LogP contribution in [0.3, 0.4) is 0 Å². The van der Waals surface area contributed by atoms with Crippen molar-refractivity contribution >= 4 is 44.6 Å². The number of nitrogens with zero attached hydrogens (tertiary/aromatic N) is 1. The van der Waals surface area contributed by atoms with Gasteiger partial charge in [-0.2, -0.15) is 0 Å². The second-order valence-corrected chi connectivity index (χ2v) is 8.09. The Bertz CT molecular complexity index is 722. The molecule has 0 aliphatic heterocycles. The van der Waals surface area contributed by atoms with Gasteiger partial charge in [-0.1, -0.05) is 23.2 Å². The molecule has 2 heterocycles. The number of halogens is 2. The van der Waals surface area contributed by atoms with E-state index in [1.807, 2.05) is 19.9 Å². The average Bonchev–Trinajstić information content (AvgIpc) is 2.70. The molecule has 0 aliphatic rings. The van der Waals surface area contributed by atoms with Crippen LogP contribution in [0.25, 0.3) is 0 Å². The SMILES string of the molecule is Cc1cc(CNS(=O)(=O)c2cnc(Cl)c(Cl)c2)sc1C. The number of hydrogen-bond donors (Lipinski definition) is 1. The van der Waals surface area contributed by atoms with Gasteiger partial charge in [-0.3, -0.25) is 0 Å². The summed E-state index contributed by atoms with van der Waals surface area (Å²) in [6.45, 7) is 4.23. The van der Waals surface area contributed by atoms with Crippen molar-refractivity contribution < 1.29 is 8.42 Å². The van der Waals surface area contributed by atoms with E-state index in [2.05, 4.69) is 9.71 Å². The molecule has 0 amide bonds. The number of aryl methyl sites for hydroxylation is 2. The third kappa shape index (κ3) is 3.51. The molecule has 0 radical (unpaired) electrons. The van der Waals surface area contributed by atoms with E-state index in [9.17, 15) is 8.42 Å². The van der Waals surface area contributed by atoms with Gasteiger partial charge in [-0.15, -0.1) is 11.3 Å². The van der Waals surface area contributed by atoms with Crippen molar-refractivity contribution in [3.8, 4) is 0 Å². The normalized spacial score (nSPS) is 11.8. The predicted molar refractivity (Wildman–Crippen MR) is 82.1 cm³/mol. The molecule has 0 saturated heterocycles. The first kappa shape index (κ1) is 15.7. The number of pyridine rings is 1. The molecule has 0 atom stereocenters. The van der Waals surface area contributed by atoms with Crippen LogP contribution in [0, 0.1) is 13.8 Å². The Morgan fingerprint density at radius 2 is 2.00 bits per heavy atom. The lowest BCUT2D eigenvalue weighted by Crippen LogP contribution is -2.23. The second kappa shape index (κ2) is 5.99. The van der Waals surface area contributed by atoms with Crippen molar-refractivity contribution in [2.75, 3.05) is 0 Å². The lowest BCUT2D eigenvalue weighted by atomic mass is 10.3. The number of hydrogen-bond acceptors (Lipinski definition) is 4. The zero-order valence-electron chi connectivity index (χ0n) is 10.8. The van der Waals surface area contributed by atoms with Crippen molar-refractivity contribution in [3.05, 3.63) is 43.8 Å². The Kier molecular flexibility index (Phi) is 4.71. The van der Waals surface area contributed by atoms with E-state index < -0.39 is 10.0 Å². The first-order valence-electron chi connectivity index (χ1n) is 5.66. The molecule has 0 unspecified atom stereocenters. The summed E-state index contributed by atoms with van der Waals surface area (Å²) < 4.78 is 26.7. The second-order valence-electron chi connectivity index (χ2n) is 4.22. The maximum Gasteiger partial charge on any atom is 0.242 e. The molecular formula is C12H12Cl2N2O2S2. The zero-order chi connectivity index (χ0) is 14.9. The largest absolute Gasteiger partial charge is 0.242 e. The van der Waals surface area contributed by atoms with Gasteiger partial charge in [0.15, 0.2) is 0 Å². The van der Waals surface area contributed by atoms with Crippen LogP contribution >= 0.6 is 34.5 Å². The number of nitrogens with one attached hydrogen (secondary N) is 1. The van der Waals surface area contributed by atoms with Gasteiger partial charge in [-0.25, -0.2) is 18.1 Å². The van der Waals surface area contributed by atoms with E-state index in [1.54, 1.807) is 11.3 Å². The van der Waals surface area contributed by atoms with Crippen LogP contribution in [0.5, 0.6) is 0 Å². The molecule has 0 fully saturated rings. The molecule has 20 heavy (non-hydrogen) atoms. The topological polar surface area (TPSA) is 59.1 Å². The summed E-state index contributed by atoms with van der Waals surface area (Å²) in [5, 5.41) is 0.187. The molecule has 0 aromatic carbocycles. The van der Waals surface area contributed by atoms with Crippen molar-refractivity contribution in [2.45, 2.75) is 25.3 Å². The summed E-state index contributed by atoms with van der Waals surface area (Å²) in [6.07, 6.45) is 1.18. The van der Waals surface area contributed by atoms with E-state index in [1.165, 1.54) is 17.1 Å². The van der Waals surface area contributed by atoms with Gasteiger partial charge in [0.1, 0.15) is 10.0 Å². The summed E-state index contributed by atoms with van der Waals surface area (Å²) in [7, 11) is -3.65. The van der Waals surface area contributed by atoms with Gasteiger partial charge in [-0.05, 0) is 31.5 Å². The number of rotatable bonds is 4. The van der Waals surface area contributed by atoms with E-state index in [-0.39, 0.29) is 21.6 Å². The molecule has 0 bridgehead atoms. The molecule has 8 heteroatoms. The Labute approximate surface area is 131 Å². The molecule has 0 aliphatic carbocycles. The van der Waals surface area contributed by atoms with Crippen molar-refractivity contribution in [3.63, 3.8) is 0 Å². The van der Waals surface area contributed by atoms with Crippen LogP contribution in [0.2, 0.25) is 10.2 Å². The van der Waals surface area contributed by atoms with Crippen molar-refractivity contribution in [2.24, 2.45) is 0 Å². The zero-order valence-corrected chi connectivity index (χ0v) is 13.9. The molecular weight excluding hydrogens is 339 g/mol. The van der Waals surface area contributed by atoms with E-state index in [0.29, 0.717) is 0 Å². The summed E-state index contributed by atoms with van der Waals surface area (Å²) >= 11 is 13.0. The van der Waals surface area contributed by atoms with Crippen molar-refractivity contribution in [1.82, 2.24) is 9.71 Å². The maximum absolute atomic E-state index is 12.1. The maximum atomic E-state index is 12.1. The van der Waals surface area contributed by atoms with Gasteiger partial charge in [0.25, 0.3) is 0 Å².